The third kappa shape index (κ3) is 1.75. The van der Waals surface area contributed by atoms with E-state index in [1.807, 2.05) is 51.1 Å². The Morgan fingerprint density at radius 1 is 1.14 bits per heavy atom. The van der Waals surface area contributed by atoms with Gasteiger partial charge in [-0.25, -0.2) is 4.39 Å². The first-order chi connectivity index (χ1) is 10.3. The van der Waals surface area contributed by atoms with E-state index in [1.165, 1.54) is 12.1 Å². The zero-order valence-electron chi connectivity index (χ0n) is 13.1. The van der Waals surface area contributed by atoms with Crippen molar-refractivity contribution in [3.8, 4) is 0 Å². The first-order valence-electron chi connectivity index (χ1n) is 7.45. The molecule has 0 aromatic heterocycles. The van der Waals surface area contributed by atoms with E-state index in [4.69, 9.17) is 5.73 Å². The van der Waals surface area contributed by atoms with Gasteiger partial charge in [0.05, 0.1) is 5.41 Å². The van der Waals surface area contributed by atoms with Crippen LogP contribution in [0.1, 0.15) is 36.5 Å². The Morgan fingerprint density at radius 3 is 2.36 bits per heavy atom. The third-order valence-electron chi connectivity index (χ3n) is 5.23. The molecule has 2 atom stereocenters. The molecular weight excluding hydrogens is 277 g/mol. The summed E-state index contributed by atoms with van der Waals surface area (Å²) >= 11 is 0. The lowest BCUT2D eigenvalue weighted by molar-refractivity contribution is -0.121. The predicted octanol–water partition coefficient (Wildman–Crippen LogP) is 3.68. The van der Waals surface area contributed by atoms with Crippen LogP contribution in [-0.2, 0) is 10.2 Å². The number of halogens is 1. The molecule has 2 aromatic carbocycles. The zero-order chi connectivity index (χ0) is 16.1. The second kappa shape index (κ2) is 4.67. The number of benzene rings is 2. The standard InChI is InChI=1S/C19H20FNO/c1-12-9-10-14(20)11-15(12)19(17(21)22)16(18(19,2)3)13-7-5-4-6-8-13/h4-11,16H,1-3H3,(H2,21,22). The van der Waals surface area contributed by atoms with Gasteiger partial charge in [-0.2, -0.15) is 0 Å². The molecule has 1 fully saturated rings. The fourth-order valence-electron chi connectivity index (χ4n) is 4.19. The van der Waals surface area contributed by atoms with E-state index in [0.717, 1.165) is 11.1 Å². The number of rotatable bonds is 3. The van der Waals surface area contributed by atoms with Crippen LogP contribution >= 0.6 is 0 Å². The molecule has 2 unspecified atom stereocenters. The van der Waals surface area contributed by atoms with Gasteiger partial charge in [-0.1, -0.05) is 50.2 Å². The molecule has 1 aliphatic carbocycles. The highest BCUT2D eigenvalue weighted by Crippen LogP contribution is 2.74. The van der Waals surface area contributed by atoms with Gasteiger partial charge >= 0.3 is 0 Å². The van der Waals surface area contributed by atoms with Crippen LogP contribution in [0, 0.1) is 18.2 Å². The van der Waals surface area contributed by atoms with Crippen molar-refractivity contribution in [2.75, 3.05) is 0 Å². The van der Waals surface area contributed by atoms with Crippen LogP contribution in [0.5, 0.6) is 0 Å². The largest absolute Gasteiger partial charge is 0.369 e. The van der Waals surface area contributed by atoms with Crippen LogP contribution in [0.15, 0.2) is 48.5 Å². The Labute approximate surface area is 130 Å². The van der Waals surface area contributed by atoms with Gasteiger partial charge in [-0.15, -0.1) is 0 Å². The minimum atomic E-state index is -0.861. The Kier molecular flexibility index (Phi) is 3.13. The van der Waals surface area contributed by atoms with Crippen LogP contribution in [0.2, 0.25) is 0 Å². The summed E-state index contributed by atoms with van der Waals surface area (Å²) in [6.45, 7) is 5.95. The number of hydrogen-bond donors (Lipinski definition) is 1. The van der Waals surface area contributed by atoms with E-state index >= 15 is 0 Å². The van der Waals surface area contributed by atoms with Crippen molar-refractivity contribution in [1.82, 2.24) is 0 Å². The first kappa shape index (κ1) is 14.8. The number of carbonyl (C=O) groups excluding carboxylic acids is 1. The van der Waals surface area contributed by atoms with Crippen LogP contribution in [0.3, 0.4) is 0 Å². The Morgan fingerprint density at radius 2 is 1.77 bits per heavy atom. The fourth-order valence-corrected chi connectivity index (χ4v) is 4.19. The van der Waals surface area contributed by atoms with Crippen molar-refractivity contribution in [3.05, 3.63) is 71.0 Å². The molecule has 0 bridgehead atoms. The maximum Gasteiger partial charge on any atom is 0.229 e. The molecular formula is C19H20FNO. The van der Waals surface area contributed by atoms with Gasteiger partial charge in [0.1, 0.15) is 5.82 Å². The summed E-state index contributed by atoms with van der Waals surface area (Å²) in [5.74, 6) is -0.769. The molecule has 3 heteroatoms. The Hall–Kier alpha value is -2.16. The van der Waals surface area contributed by atoms with Gasteiger partial charge < -0.3 is 5.73 Å². The summed E-state index contributed by atoms with van der Waals surface area (Å²) in [6, 6.07) is 14.5. The molecule has 0 radical (unpaired) electrons. The Bertz CT molecular complexity index is 738. The number of hydrogen-bond acceptors (Lipinski definition) is 1. The second-order valence-electron chi connectivity index (χ2n) is 6.70. The molecule has 22 heavy (non-hydrogen) atoms. The van der Waals surface area contributed by atoms with Crippen molar-refractivity contribution in [3.63, 3.8) is 0 Å². The van der Waals surface area contributed by atoms with Gasteiger partial charge in [-0.05, 0) is 41.2 Å². The van der Waals surface area contributed by atoms with Gasteiger partial charge in [0.15, 0.2) is 0 Å². The van der Waals surface area contributed by atoms with E-state index in [-0.39, 0.29) is 23.1 Å². The number of primary amides is 1. The quantitative estimate of drug-likeness (QED) is 0.922. The maximum absolute atomic E-state index is 13.8. The minimum Gasteiger partial charge on any atom is -0.369 e. The molecule has 1 amide bonds. The maximum atomic E-state index is 13.8. The first-order valence-corrected chi connectivity index (χ1v) is 7.45. The number of aryl methyl sites for hydroxylation is 1. The normalized spacial score (nSPS) is 25.7. The van der Waals surface area contributed by atoms with Crippen molar-refractivity contribution in [2.24, 2.45) is 11.1 Å². The van der Waals surface area contributed by atoms with Crippen LogP contribution in [0.4, 0.5) is 4.39 Å². The van der Waals surface area contributed by atoms with Crippen molar-refractivity contribution in [2.45, 2.75) is 32.1 Å². The highest BCUT2D eigenvalue weighted by Gasteiger charge is 2.76. The van der Waals surface area contributed by atoms with E-state index in [2.05, 4.69) is 0 Å². The summed E-state index contributed by atoms with van der Waals surface area (Å²) in [5, 5.41) is 0. The molecule has 3 rings (SSSR count). The van der Waals surface area contributed by atoms with Gasteiger partial charge in [0.2, 0.25) is 5.91 Å². The molecule has 2 nitrogen and oxygen atoms in total. The lowest BCUT2D eigenvalue weighted by Crippen LogP contribution is -2.34. The van der Waals surface area contributed by atoms with E-state index < -0.39 is 5.41 Å². The van der Waals surface area contributed by atoms with E-state index in [9.17, 15) is 9.18 Å². The summed E-state index contributed by atoms with van der Waals surface area (Å²) < 4.78 is 13.8. The predicted molar refractivity (Wildman–Crippen MR) is 85.0 cm³/mol. The summed E-state index contributed by atoms with van der Waals surface area (Å²) in [6.07, 6.45) is 0. The molecule has 1 aliphatic rings. The SMILES string of the molecule is Cc1ccc(F)cc1C1(C(N)=O)C(c2ccccc2)C1(C)C. The summed E-state index contributed by atoms with van der Waals surface area (Å²) in [4.78, 5) is 12.4. The molecule has 0 saturated heterocycles. The number of nitrogens with two attached hydrogens (primary N) is 1. The Balaban J connectivity index is 2.23. The molecule has 2 N–H and O–H groups in total. The van der Waals surface area contributed by atoms with Gasteiger partial charge in [0, 0.05) is 5.92 Å². The minimum absolute atomic E-state index is 0.0424. The van der Waals surface area contributed by atoms with Crippen molar-refractivity contribution >= 4 is 5.91 Å². The van der Waals surface area contributed by atoms with Crippen molar-refractivity contribution < 1.29 is 9.18 Å². The van der Waals surface area contributed by atoms with Gasteiger partial charge in [-0.3, -0.25) is 4.79 Å². The van der Waals surface area contributed by atoms with E-state index in [1.54, 1.807) is 6.07 Å². The summed E-state index contributed by atoms with van der Waals surface area (Å²) in [5.41, 5.74) is 7.28. The number of carbonyl (C=O) groups is 1. The van der Waals surface area contributed by atoms with E-state index in [0.29, 0.717) is 5.56 Å². The topological polar surface area (TPSA) is 43.1 Å². The fraction of sp³-hybridized carbons (Fsp3) is 0.316. The van der Waals surface area contributed by atoms with Crippen LogP contribution in [-0.4, -0.2) is 5.91 Å². The molecule has 0 heterocycles. The smallest absolute Gasteiger partial charge is 0.229 e. The van der Waals surface area contributed by atoms with Crippen LogP contribution < -0.4 is 5.73 Å². The van der Waals surface area contributed by atoms with Crippen molar-refractivity contribution in [1.29, 1.82) is 0 Å². The molecule has 0 aliphatic heterocycles. The van der Waals surface area contributed by atoms with Crippen LogP contribution in [0.25, 0.3) is 0 Å². The average molecular weight is 297 g/mol. The third-order valence-corrected chi connectivity index (χ3v) is 5.23. The number of amides is 1. The second-order valence-corrected chi connectivity index (χ2v) is 6.70. The zero-order valence-corrected chi connectivity index (χ0v) is 13.1. The average Bonchev–Trinajstić information content (AvgIpc) is 3.00. The molecule has 2 aromatic rings. The van der Waals surface area contributed by atoms with Gasteiger partial charge in [0.25, 0.3) is 0 Å². The highest BCUT2D eigenvalue weighted by molar-refractivity contribution is 5.95. The molecule has 0 spiro atoms. The lowest BCUT2D eigenvalue weighted by atomic mass is 9.83. The molecule has 1 saturated carbocycles. The summed E-state index contributed by atoms with van der Waals surface area (Å²) in [7, 11) is 0. The lowest BCUT2D eigenvalue weighted by Gasteiger charge is -2.20. The molecule has 114 valence electrons. The monoisotopic (exact) mass is 297 g/mol. The highest BCUT2D eigenvalue weighted by atomic mass is 19.1.